The summed E-state index contributed by atoms with van der Waals surface area (Å²) in [5.74, 6) is 0.714. The van der Waals surface area contributed by atoms with Crippen LogP contribution in [0.1, 0.15) is 10.9 Å². The van der Waals surface area contributed by atoms with Gasteiger partial charge in [-0.1, -0.05) is 0 Å². The van der Waals surface area contributed by atoms with Crippen LogP contribution < -0.4 is 15.4 Å². The molecule has 104 valence electrons. The number of nitrogens with zero attached hydrogens (tertiary/aromatic N) is 1. The number of halogens is 1. The van der Waals surface area contributed by atoms with Crippen molar-refractivity contribution in [1.82, 2.24) is 0 Å². The SMILES string of the molecule is COc1ccc(N2C(=O)C(N)C2c2ccc(Br)s2)cc1. The van der Waals surface area contributed by atoms with Crippen LogP contribution in [0.5, 0.6) is 5.75 Å². The molecule has 2 N–H and O–H groups in total. The zero-order chi connectivity index (χ0) is 14.3. The molecule has 1 aromatic carbocycles. The molecule has 1 aliphatic rings. The lowest BCUT2D eigenvalue weighted by Crippen LogP contribution is -2.63. The quantitative estimate of drug-likeness (QED) is 0.864. The summed E-state index contributed by atoms with van der Waals surface area (Å²) in [5.41, 5.74) is 6.81. The fourth-order valence-electron chi connectivity index (χ4n) is 2.33. The Hall–Kier alpha value is -1.37. The third-order valence-corrected chi connectivity index (χ3v) is 5.07. The van der Waals surface area contributed by atoms with Crippen molar-refractivity contribution in [3.63, 3.8) is 0 Å². The van der Waals surface area contributed by atoms with Gasteiger partial charge in [-0.2, -0.15) is 0 Å². The Kier molecular flexibility index (Phi) is 3.54. The lowest BCUT2D eigenvalue weighted by molar-refractivity contribution is -0.126. The molecule has 1 aliphatic heterocycles. The second kappa shape index (κ2) is 5.20. The van der Waals surface area contributed by atoms with Gasteiger partial charge in [0.2, 0.25) is 5.91 Å². The molecule has 0 aliphatic carbocycles. The summed E-state index contributed by atoms with van der Waals surface area (Å²) in [6, 6.07) is 10.8. The number of rotatable bonds is 3. The van der Waals surface area contributed by atoms with Crippen LogP contribution in [0.2, 0.25) is 0 Å². The van der Waals surface area contributed by atoms with E-state index < -0.39 is 6.04 Å². The molecule has 2 atom stereocenters. The summed E-state index contributed by atoms with van der Waals surface area (Å²) in [6.07, 6.45) is 0. The number of benzene rings is 1. The Bertz CT molecular complexity index is 641. The highest BCUT2D eigenvalue weighted by atomic mass is 79.9. The van der Waals surface area contributed by atoms with Crippen LogP contribution in [0, 0.1) is 0 Å². The summed E-state index contributed by atoms with van der Waals surface area (Å²) in [5, 5.41) is 0. The van der Waals surface area contributed by atoms with Crippen molar-refractivity contribution in [3.05, 3.63) is 45.1 Å². The van der Waals surface area contributed by atoms with Gasteiger partial charge in [0.15, 0.2) is 0 Å². The van der Waals surface area contributed by atoms with Crippen molar-refractivity contribution in [1.29, 1.82) is 0 Å². The van der Waals surface area contributed by atoms with Crippen LogP contribution in [0.3, 0.4) is 0 Å². The highest BCUT2D eigenvalue weighted by molar-refractivity contribution is 9.11. The zero-order valence-corrected chi connectivity index (χ0v) is 13.1. The van der Waals surface area contributed by atoms with E-state index in [-0.39, 0.29) is 11.9 Å². The number of nitrogens with two attached hydrogens (primary N) is 1. The first-order valence-electron chi connectivity index (χ1n) is 6.10. The molecule has 1 amide bonds. The Labute approximate surface area is 129 Å². The molecule has 0 saturated carbocycles. The van der Waals surface area contributed by atoms with Gasteiger partial charge in [-0.15, -0.1) is 11.3 Å². The van der Waals surface area contributed by atoms with Crippen LogP contribution in [-0.2, 0) is 4.79 Å². The number of anilines is 1. The lowest BCUT2D eigenvalue weighted by Gasteiger charge is -2.44. The third-order valence-electron chi connectivity index (χ3n) is 3.38. The Morgan fingerprint density at radius 1 is 1.25 bits per heavy atom. The molecule has 3 rings (SSSR count). The molecule has 0 radical (unpaired) electrons. The number of carbonyl (C=O) groups is 1. The van der Waals surface area contributed by atoms with E-state index in [4.69, 9.17) is 10.5 Å². The second-order valence-corrected chi connectivity index (χ2v) is 7.01. The molecule has 0 bridgehead atoms. The van der Waals surface area contributed by atoms with Gasteiger partial charge in [0.05, 0.1) is 16.9 Å². The van der Waals surface area contributed by atoms with E-state index >= 15 is 0 Å². The molecule has 20 heavy (non-hydrogen) atoms. The number of β-lactam (4-membered cyclic amide) rings is 1. The van der Waals surface area contributed by atoms with Crippen molar-refractivity contribution >= 4 is 38.9 Å². The molecule has 2 heterocycles. The smallest absolute Gasteiger partial charge is 0.247 e. The molecule has 1 fully saturated rings. The molecule has 1 aromatic heterocycles. The molecule has 6 heteroatoms. The van der Waals surface area contributed by atoms with Crippen LogP contribution in [0.15, 0.2) is 40.2 Å². The van der Waals surface area contributed by atoms with Gasteiger partial charge in [0.25, 0.3) is 0 Å². The largest absolute Gasteiger partial charge is 0.497 e. The number of thiophene rings is 1. The molecule has 1 saturated heterocycles. The van der Waals surface area contributed by atoms with Crippen molar-refractivity contribution in [2.75, 3.05) is 12.0 Å². The minimum Gasteiger partial charge on any atom is -0.497 e. The average molecular weight is 353 g/mol. The van der Waals surface area contributed by atoms with Crippen LogP contribution in [-0.4, -0.2) is 19.1 Å². The highest BCUT2D eigenvalue weighted by Gasteiger charge is 2.47. The Morgan fingerprint density at radius 2 is 1.95 bits per heavy atom. The number of ether oxygens (including phenoxy) is 1. The van der Waals surface area contributed by atoms with Crippen LogP contribution in [0.4, 0.5) is 5.69 Å². The highest BCUT2D eigenvalue weighted by Crippen LogP contribution is 2.41. The predicted octanol–water partition coefficient (Wildman–Crippen LogP) is 2.93. The first-order valence-corrected chi connectivity index (χ1v) is 7.70. The molecule has 2 unspecified atom stereocenters. The van der Waals surface area contributed by atoms with Crippen molar-refractivity contribution in [2.45, 2.75) is 12.1 Å². The van der Waals surface area contributed by atoms with E-state index in [1.807, 2.05) is 36.4 Å². The second-order valence-electron chi connectivity index (χ2n) is 4.52. The maximum atomic E-state index is 12.1. The Morgan fingerprint density at radius 3 is 2.50 bits per heavy atom. The zero-order valence-electron chi connectivity index (χ0n) is 10.7. The van der Waals surface area contributed by atoms with Gasteiger partial charge in [-0.05, 0) is 52.3 Å². The standard InChI is InChI=1S/C14H13BrN2O2S/c1-19-9-4-2-8(3-5-9)17-13(12(16)14(17)18)10-6-7-11(15)20-10/h2-7,12-13H,16H2,1H3. The minimum absolute atomic E-state index is 0.0512. The minimum atomic E-state index is -0.470. The van der Waals surface area contributed by atoms with Gasteiger partial charge < -0.3 is 15.4 Å². The third kappa shape index (κ3) is 2.13. The fourth-order valence-corrected chi connectivity index (χ4v) is 3.90. The number of hydrogen-bond donors (Lipinski definition) is 1. The number of carbonyl (C=O) groups excluding carboxylic acids is 1. The van der Waals surface area contributed by atoms with E-state index in [0.29, 0.717) is 0 Å². The van der Waals surface area contributed by atoms with Gasteiger partial charge in [-0.3, -0.25) is 4.79 Å². The average Bonchev–Trinajstić information content (AvgIpc) is 2.89. The van der Waals surface area contributed by atoms with E-state index in [0.717, 1.165) is 20.1 Å². The van der Waals surface area contributed by atoms with E-state index in [1.165, 1.54) is 0 Å². The van der Waals surface area contributed by atoms with Crippen molar-refractivity contribution in [3.8, 4) is 5.75 Å². The summed E-state index contributed by atoms with van der Waals surface area (Å²) >= 11 is 5.04. The molecule has 2 aromatic rings. The molecule has 4 nitrogen and oxygen atoms in total. The monoisotopic (exact) mass is 352 g/mol. The van der Waals surface area contributed by atoms with Crippen LogP contribution in [0.25, 0.3) is 0 Å². The van der Waals surface area contributed by atoms with Crippen LogP contribution >= 0.6 is 27.3 Å². The summed E-state index contributed by atoms with van der Waals surface area (Å²) in [7, 11) is 1.62. The van der Waals surface area contributed by atoms with Gasteiger partial charge in [-0.25, -0.2) is 0 Å². The molecular weight excluding hydrogens is 340 g/mol. The number of hydrogen-bond acceptors (Lipinski definition) is 4. The van der Waals surface area contributed by atoms with E-state index in [2.05, 4.69) is 15.9 Å². The normalized spacial score (nSPS) is 21.8. The lowest BCUT2D eigenvalue weighted by atomic mass is 9.93. The van der Waals surface area contributed by atoms with E-state index in [1.54, 1.807) is 23.3 Å². The number of amides is 1. The predicted molar refractivity (Wildman–Crippen MR) is 83.2 cm³/mol. The topological polar surface area (TPSA) is 55.6 Å². The van der Waals surface area contributed by atoms with Crippen molar-refractivity contribution in [2.24, 2.45) is 5.73 Å². The van der Waals surface area contributed by atoms with Gasteiger partial charge in [0.1, 0.15) is 11.8 Å². The maximum absolute atomic E-state index is 12.1. The van der Waals surface area contributed by atoms with Crippen molar-refractivity contribution < 1.29 is 9.53 Å². The van der Waals surface area contributed by atoms with Gasteiger partial charge >= 0.3 is 0 Å². The molecular formula is C14H13BrN2O2S. The summed E-state index contributed by atoms with van der Waals surface area (Å²) in [4.78, 5) is 14.9. The van der Waals surface area contributed by atoms with E-state index in [9.17, 15) is 4.79 Å². The summed E-state index contributed by atoms with van der Waals surface area (Å²) < 4.78 is 6.17. The Balaban J connectivity index is 1.92. The van der Waals surface area contributed by atoms with Gasteiger partial charge in [0, 0.05) is 10.6 Å². The maximum Gasteiger partial charge on any atom is 0.247 e. The first kappa shape index (κ1) is 13.6. The first-order chi connectivity index (χ1) is 9.61. The molecule has 0 spiro atoms. The number of methoxy groups -OCH3 is 1. The summed E-state index contributed by atoms with van der Waals surface area (Å²) in [6.45, 7) is 0. The fraction of sp³-hybridized carbons (Fsp3) is 0.214.